The number of nitrogens with two attached hydrogens (primary N) is 1. The molecule has 1 aromatic carbocycles. The predicted octanol–water partition coefficient (Wildman–Crippen LogP) is 2.05. The monoisotopic (exact) mass is 257 g/mol. The van der Waals surface area contributed by atoms with Crippen molar-refractivity contribution in [1.29, 1.82) is 0 Å². The molecule has 0 radical (unpaired) electrons. The number of halogens is 1. The normalized spacial score (nSPS) is 14.1. The Bertz CT molecular complexity index is 295. The van der Waals surface area contributed by atoms with Gasteiger partial charge in [0.15, 0.2) is 0 Å². The quantitative estimate of drug-likeness (QED) is 0.871. The molecule has 3 N–H and O–H groups in total. The Kier molecular flexibility index (Phi) is 3.70. The van der Waals surface area contributed by atoms with Crippen LogP contribution in [0.5, 0.6) is 0 Å². The van der Waals surface area contributed by atoms with E-state index in [1.54, 1.807) is 0 Å². The number of rotatable bonds is 3. The van der Waals surface area contributed by atoms with Crippen LogP contribution in [0.1, 0.15) is 19.4 Å². The largest absolute Gasteiger partial charge is 0.395 e. The topological polar surface area (TPSA) is 46.2 Å². The maximum absolute atomic E-state index is 9.05. The fourth-order valence-corrected chi connectivity index (χ4v) is 1.59. The van der Waals surface area contributed by atoms with Crippen molar-refractivity contribution in [2.45, 2.75) is 25.3 Å². The van der Waals surface area contributed by atoms with E-state index in [2.05, 4.69) is 15.9 Å². The van der Waals surface area contributed by atoms with Crippen LogP contribution in [0.4, 0.5) is 0 Å². The molecule has 1 aromatic rings. The second-order valence-electron chi connectivity index (χ2n) is 4.02. The first-order chi connectivity index (χ1) is 6.48. The van der Waals surface area contributed by atoms with E-state index in [1.807, 2.05) is 38.1 Å². The molecule has 1 unspecified atom stereocenters. The van der Waals surface area contributed by atoms with Crippen LogP contribution < -0.4 is 5.73 Å². The summed E-state index contributed by atoms with van der Waals surface area (Å²) >= 11 is 3.39. The SMILES string of the molecule is CC(C)(c1ccc(Br)cc1)C(N)CO. The standard InChI is InChI=1S/C11H16BrNO/c1-11(2,10(13)7-14)8-3-5-9(12)6-4-8/h3-6,10,14H,7,13H2,1-2H3. The maximum atomic E-state index is 9.05. The molecule has 0 fully saturated rings. The molecular weight excluding hydrogens is 242 g/mol. The van der Waals surface area contributed by atoms with Crippen LogP contribution in [0.25, 0.3) is 0 Å². The Morgan fingerprint density at radius 1 is 1.36 bits per heavy atom. The summed E-state index contributed by atoms with van der Waals surface area (Å²) in [7, 11) is 0. The molecule has 1 atom stereocenters. The molecule has 0 aliphatic carbocycles. The van der Waals surface area contributed by atoms with E-state index in [0.29, 0.717) is 0 Å². The molecule has 0 aliphatic heterocycles. The molecule has 1 rings (SSSR count). The molecule has 14 heavy (non-hydrogen) atoms. The summed E-state index contributed by atoms with van der Waals surface area (Å²) in [6, 6.07) is 7.80. The lowest BCUT2D eigenvalue weighted by Crippen LogP contribution is -2.43. The van der Waals surface area contributed by atoms with Crippen molar-refractivity contribution in [2.24, 2.45) is 5.73 Å². The van der Waals surface area contributed by atoms with Gasteiger partial charge in [0.05, 0.1) is 6.61 Å². The van der Waals surface area contributed by atoms with Gasteiger partial charge in [-0.1, -0.05) is 41.9 Å². The van der Waals surface area contributed by atoms with Crippen molar-refractivity contribution < 1.29 is 5.11 Å². The molecule has 0 amide bonds. The summed E-state index contributed by atoms with van der Waals surface area (Å²) < 4.78 is 1.05. The minimum absolute atomic E-state index is 0.00304. The van der Waals surface area contributed by atoms with Crippen molar-refractivity contribution in [3.8, 4) is 0 Å². The molecule has 0 heterocycles. The van der Waals surface area contributed by atoms with Gasteiger partial charge in [-0.2, -0.15) is 0 Å². The smallest absolute Gasteiger partial charge is 0.0591 e. The zero-order chi connectivity index (χ0) is 10.8. The lowest BCUT2D eigenvalue weighted by molar-refractivity contribution is 0.220. The summed E-state index contributed by atoms with van der Waals surface area (Å²) in [5.41, 5.74) is 6.80. The first kappa shape index (κ1) is 11.7. The Morgan fingerprint density at radius 2 is 1.86 bits per heavy atom. The highest BCUT2D eigenvalue weighted by Crippen LogP contribution is 2.27. The summed E-state index contributed by atoms with van der Waals surface area (Å²) in [5.74, 6) is 0. The van der Waals surface area contributed by atoms with Gasteiger partial charge >= 0.3 is 0 Å². The fraction of sp³-hybridized carbons (Fsp3) is 0.455. The molecule has 0 aromatic heterocycles. The van der Waals surface area contributed by atoms with Gasteiger partial charge in [0.25, 0.3) is 0 Å². The van der Waals surface area contributed by atoms with E-state index in [1.165, 1.54) is 0 Å². The van der Waals surface area contributed by atoms with Crippen LogP contribution in [-0.4, -0.2) is 17.8 Å². The van der Waals surface area contributed by atoms with Crippen LogP contribution in [0.2, 0.25) is 0 Å². The third-order valence-corrected chi connectivity index (χ3v) is 3.24. The van der Waals surface area contributed by atoms with Crippen molar-refractivity contribution >= 4 is 15.9 Å². The van der Waals surface area contributed by atoms with E-state index in [9.17, 15) is 0 Å². The number of aliphatic hydroxyl groups excluding tert-OH is 1. The van der Waals surface area contributed by atoms with Crippen molar-refractivity contribution in [2.75, 3.05) is 6.61 Å². The van der Waals surface area contributed by atoms with E-state index >= 15 is 0 Å². The van der Waals surface area contributed by atoms with Gasteiger partial charge in [0.2, 0.25) is 0 Å². The fourth-order valence-electron chi connectivity index (χ4n) is 1.32. The molecule has 2 nitrogen and oxygen atoms in total. The molecule has 0 aliphatic rings. The lowest BCUT2D eigenvalue weighted by Gasteiger charge is -2.30. The highest BCUT2D eigenvalue weighted by molar-refractivity contribution is 9.10. The maximum Gasteiger partial charge on any atom is 0.0591 e. The number of benzene rings is 1. The van der Waals surface area contributed by atoms with E-state index in [4.69, 9.17) is 10.8 Å². The number of aliphatic hydroxyl groups is 1. The van der Waals surface area contributed by atoms with Gasteiger partial charge in [-0.15, -0.1) is 0 Å². The van der Waals surface area contributed by atoms with Crippen molar-refractivity contribution in [3.63, 3.8) is 0 Å². The molecule has 0 saturated heterocycles. The zero-order valence-corrected chi connectivity index (χ0v) is 10.1. The Hall–Kier alpha value is -0.380. The van der Waals surface area contributed by atoms with E-state index in [-0.39, 0.29) is 18.1 Å². The van der Waals surface area contributed by atoms with Gasteiger partial charge in [-0.05, 0) is 17.7 Å². The average molecular weight is 258 g/mol. The minimum Gasteiger partial charge on any atom is -0.395 e. The molecule has 0 bridgehead atoms. The number of hydrogen-bond donors (Lipinski definition) is 2. The minimum atomic E-state index is -0.233. The Morgan fingerprint density at radius 3 is 2.29 bits per heavy atom. The van der Waals surface area contributed by atoms with Crippen LogP contribution in [0.15, 0.2) is 28.7 Å². The lowest BCUT2D eigenvalue weighted by atomic mass is 9.78. The first-order valence-electron chi connectivity index (χ1n) is 4.61. The van der Waals surface area contributed by atoms with Crippen molar-refractivity contribution in [3.05, 3.63) is 34.3 Å². The van der Waals surface area contributed by atoms with E-state index in [0.717, 1.165) is 10.0 Å². The Balaban J connectivity index is 2.97. The summed E-state index contributed by atoms with van der Waals surface area (Å²) in [5, 5.41) is 9.05. The third kappa shape index (κ3) is 2.35. The van der Waals surface area contributed by atoms with E-state index < -0.39 is 0 Å². The number of hydrogen-bond acceptors (Lipinski definition) is 2. The van der Waals surface area contributed by atoms with Gasteiger partial charge in [0, 0.05) is 15.9 Å². The Labute approximate surface area is 93.3 Å². The second kappa shape index (κ2) is 4.43. The molecular formula is C11H16BrNO. The predicted molar refractivity (Wildman–Crippen MR) is 62.2 cm³/mol. The van der Waals surface area contributed by atoms with Crippen LogP contribution in [0, 0.1) is 0 Å². The second-order valence-corrected chi connectivity index (χ2v) is 4.93. The van der Waals surface area contributed by atoms with Crippen LogP contribution in [-0.2, 0) is 5.41 Å². The summed E-state index contributed by atoms with van der Waals surface area (Å²) in [6.45, 7) is 4.08. The average Bonchev–Trinajstić information content (AvgIpc) is 2.17. The third-order valence-electron chi connectivity index (χ3n) is 2.71. The van der Waals surface area contributed by atoms with Crippen LogP contribution >= 0.6 is 15.9 Å². The highest BCUT2D eigenvalue weighted by atomic mass is 79.9. The van der Waals surface area contributed by atoms with Gasteiger partial charge in [-0.3, -0.25) is 0 Å². The summed E-state index contributed by atoms with van der Waals surface area (Å²) in [4.78, 5) is 0. The van der Waals surface area contributed by atoms with Crippen molar-refractivity contribution in [1.82, 2.24) is 0 Å². The summed E-state index contributed by atoms with van der Waals surface area (Å²) in [6.07, 6.45) is 0. The first-order valence-corrected chi connectivity index (χ1v) is 5.40. The van der Waals surface area contributed by atoms with Gasteiger partial charge in [0.1, 0.15) is 0 Å². The molecule has 0 spiro atoms. The zero-order valence-electron chi connectivity index (χ0n) is 8.50. The molecule has 3 heteroatoms. The van der Waals surface area contributed by atoms with Gasteiger partial charge in [-0.25, -0.2) is 0 Å². The molecule has 0 saturated carbocycles. The van der Waals surface area contributed by atoms with Crippen LogP contribution in [0.3, 0.4) is 0 Å². The highest BCUT2D eigenvalue weighted by Gasteiger charge is 2.27. The molecule has 78 valence electrons. The van der Waals surface area contributed by atoms with Gasteiger partial charge < -0.3 is 10.8 Å².